The van der Waals surface area contributed by atoms with Crippen molar-refractivity contribution in [2.75, 3.05) is 7.11 Å². The molecule has 0 saturated carbocycles. The van der Waals surface area contributed by atoms with Crippen LogP contribution in [0.15, 0.2) is 42.9 Å². The lowest BCUT2D eigenvalue weighted by Gasteiger charge is -2.08. The van der Waals surface area contributed by atoms with Gasteiger partial charge in [0.05, 0.1) is 17.9 Å². The molecule has 0 fully saturated rings. The number of halogens is 1. The fraction of sp³-hybridized carbons (Fsp3) is 0.182. The van der Waals surface area contributed by atoms with Crippen molar-refractivity contribution in [1.82, 2.24) is 29.3 Å². The van der Waals surface area contributed by atoms with E-state index in [1.54, 1.807) is 19.6 Å². The molecule has 4 heterocycles. The lowest BCUT2D eigenvalue weighted by Crippen LogP contribution is -2.09. The first-order valence-corrected chi connectivity index (χ1v) is 9.74. The second-order valence-electron chi connectivity index (χ2n) is 7.00. The van der Waals surface area contributed by atoms with Crippen LogP contribution in [0, 0.1) is 18.8 Å². The van der Waals surface area contributed by atoms with Gasteiger partial charge in [-0.2, -0.15) is 0 Å². The summed E-state index contributed by atoms with van der Waals surface area (Å²) in [6.45, 7) is 2.86. The standard InChI is InChI=1S/C22H17ClN6O/c1-14-3-5-16(24-10-14)6-7-18-20-11-28-21(12-30-2)26-27-22(28)17-9-15(23)4-8-19(17)29(20)13-25-18/h3-5,8-10,13H,11-12H2,1-2H3. The third-order valence-electron chi connectivity index (χ3n) is 4.95. The molecule has 0 amide bonds. The van der Waals surface area contributed by atoms with E-state index in [2.05, 4.69) is 32.0 Å². The van der Waals surface area contributed by atoms with Crippen LogP contribution in [0.1, 0.15) is 28.5 Å². The Labute approximate surface area is 178 Å². The molecule has 148 valence electrons. The predicted molar refractivity (Wildman–Crippen MR) is 112 cm³/mol. The minimum atomic E-state index is 0.353. The van der Waals surface area contributed by atoms with Crippen LogP contribution in [-0.4, -0.2) is 36.4 Å². The highest BCUT2D eigenvalue weighted by molar-refractivity contribution is 6.31. The van der Waals surface area contributed by atoms with Gasteiger partial charge in [0.2, 0.25) is 0 Å². The number of hydrogen-bond acceptors (Lipinski definition) is 5. The van der Waals surface area contributed by atoms with Crippen molar-refractivity contribution >= 4 is 11.6 Å². The Hall–Kier alpha value is -3.47. The SMILES string of the molecule is COCc1nnc2n1Cc1c(C#Cc3ccc(C)cn3)ncn1-c1ccc(Cl)cc1-2. The molecule has 1 aliphatic heterocycles. The lowest BCUT2D eigenvalue weighted by molar-refractivity contribution is 0.174. The second kappa shape index (κ2) is 7.41. The number of hydrogen-bond donors (Lipinski definition) is 0. The number of ether oxygens (including phenoxy) is 1. The largest absolute Gasteiger partial charge is 0.377 e. The summed E-state index contributed by atoms with van der Waals surface area (Å²) in [5, 5.41) is 9.35. The van der Waals surface area contributed by atoms with Gasteiger partial charge in [0.1, 0.15) is 24.3 Å². The first kappa shape index (κ1) is 18.6. The summed E-state index contributed by atoms with van der Waals surface area (Å²) in [5.41, 5.74) is 5.23. The van der Waals surface area contributed by atoms with E-state index >= 15 is 0 Å². The third kappa shape index (κ3) is 3.16. The molecule has 0 N–H and O–H groups in total. The van der Waals surface area contributed by atoms with Crippen molar-refractivity contribution in [2.45, 2.75) is 20.1 Å². The topological polar surface area (TPSA) is 70.7 Å². The van der Waals surface area contributed by atoms with Gasteiger partial charge in [0.25, 0.3) is 0 Å². The zero-order valence-electron chi connectivity index (χ0n) is 16.4. The monoisotopic (exact) mass is 416 g/mol. The van der Waals surface area contributed by atoms with Crippen LogP contribution in [0.3, 0.4) is 0 Å². The molecule has 0 saturated heterocycles. The van der Waals surface area contributed by atoms with Gasteiger partial charge in [-0.05, 0) is 48.6 Å². The van der Waals surface area contributed by atoms with E-state index in [0.29, 0.717) is 29.6 Å². The molecule has 3 aromatic heterocycles. The number of aryl methyl sites for hydroxylation is 1. The third-order valence-corrected chi connectivity index (χ3v) is 5.19. The number of nitrogens with zero attached hydrogens (tertiary/aromatic N) is 6. The van der Waals surface area contributed by atoms with E-state index < -0.39 is 0 Å². The van der Waals surface area contributed by atoms with Crippen molar-refractivity contribution in [3.63, 3.8) is 0 Å². The number of methoxy groups -OCH3 is 1. The molecule has 0 spiro atoms. The first-order chi connectivity index (χ1) is 14.6. The maximum absolute atomic E-state index is 6.29. The molecule has 5 rings (SSSR count). The minimum Gasteiger partial charge on any atom is -0.377 e. The Morgan fingerprint density at radius 3 is 2.83 bits per heavy atom. The highest BCUT2D eigenvalue weighted by atomic mass is 35.5. The number of fused-ring (bicyclic) bond motifs is 5. The summed E-state index contributed by atoms with van der Waals surface area (Å²) in [4.78, 5) is 8.93. The van der Waals surface area contributed by atoms with Crippen LogP contribution >= 0.6 is 11.6 Å². The van der Waals surface area contributed by atoms with E-state index in [1.807, 2.05) is 46.4 Å². The zero-order valence-corrected chi connectivity index (χ0v) is 17.2. The maximum Gasteiger partial charge on any atom is 0.166 e. The number of imidazole rings is 1. The highest BCUT2D eigenvalue weighted by Gasteiger charge is 2.25. The fourth-order valence-electron chi connectivity index (χ4n) is 3.49. The van der Waals surface area contributed by atoms with Crippen LogP contribution in [0.25, 0.3) is 17.1 Å². The van der Waals surface area contributed by atoms with Crippen molar-refractivity contribution in [2.24, 2.45) is 0 Å². The first-order valence-electron chi connectivity index (χ1n) is 9.36. The second-order valence-corrected chi connectivity index (χ2v) is 7.44. The molecule has 4 aromatic rings. The molecule has 0 aliphatic carbocycles. The van der Waals surface area contributed by atoms with Gasteiger partial charge < -0.3 is 9.30 Å². The summed E-state index contributed by atoms with van der Waals surface area (Å²) in [6.07, 6.45) is 3.59. The Morgan fingerprint density at radius 1 is 1.13 bits per heavy atom. The summed E-state index contributed by atoms with van der Waals surface area (Å²) < 4.78 is 9.36. The summed E-state index contributed by atoms with van der Waals surface area (Å²) >= 11 is 6.29. The van der Waals surface area contributed by atoms with Crippen LogP contribution in [-0.2, 0) is 17.9 Å². The molecule has 1 aromatic carbocycles. The predicted octanol–water partition coefficient (Wildman–Crippen LogP) is 3.40. The van der Waals surface area contributed by atoms with Gasteiger partial charge in [-0.25, -0.2) is 9.97 Å². The highest BCUT2D eigenvalue weighted by Crippen LogP contribution is 2.34. The Bertz CT molecular complexity index is 1310. The van der Waals surface area contributed by atoms with E-state index in [9.17, 15) is 0 Å². The molecule has 0 radical (unpaired) electrons. The molecule has 7 nitrogen and oxygen atoms in total. The maximum atomic E-state index is 6.29. The summed E-state index contributed by atoms with van der Waals surface area (Å²) in [6, 6.07) is 9.61. The van der Waals surface area contributed by atoms with Gasteiger partial charge >= 0.3 is 0 Å². The van der Waals surface area contributed by atoms with Crippen LogP contribution < -0.4 is 0 Å². The van der Waals surface area contributed by atoms with Crippen molar-refractivity contribution < 1.29 is 4.74 Å². The quantitative estimate of drug-likeness (QED) is 0.412. The van der Waals surface area contributed by atoms with Crippen molar-refractivity contribution in [3.05, 3.63) is 76.3 Å². The van der Waals surface area contributed by atoms with Gasteiger partial charge in [0, 0.05) is 23.9 Å². The molecule has 30 heavy (non-hydrogen) atoms. The Balaban J connectivity index is 1.67. The fourth-order valence-corrected chi connectivity index (χ4v) is 3.66. The van der Waals surface area contributed by atoms with Gasteiger partial charge in [-0.1, -0.05) is 17.7 Å². The summed E-state index contributed by atoms with van der Waals surface area (Å²) in [5.74, 6) is 7.76. The number of pyridine rings is 1. The molecule has 0 bridgehead atoms. The van der Waals surface area contributed by atoms with E-state index in [1.165, 1.54) is 0 Å². The smallest absolute Gasteiger partial charge is 0.166 e. The lowest BCUT2D eigenvalue weighted by atomic mass is 10.1. The zero-order chi connectivity index (χ0) is 20.7. The Morgan fingerprint density at radius 2 is 2.03 bits per heavy atom. The molecular formula is C22H17ClN6O. The average Bonchev–Trinajstić information content (AvgIpc) is 3.29. The molecule has 8 heteroatoms. The molecule has 0 unspecified atom stereocenters. The number of aromatic nitrogens is 6. The number of benzene rings is 1. The van der Waals surface area contributed by atoms with Gasteiger partial charge in [-0.15, -0.1) is 10.2 Å². The normalized spacial score (nSPS) is 11.7. The molecular weight excluding hydrogens is 400 g/mol. The van der Waals surface area contributed by atoms with Gasteiger partial charge in [-0.3, -0.25) is 4.57 Å². The van der Waals surface area contributed by atoms with Crippen LogP contribution in [0.2, 0.25) is 5.02 Å². The van der Waals surface area contributed by atoms with Gasteiger partial charge in [0.15, 0.2) is 11.6 Å². The average molecular weight is 417 g/mol. The van der Waals surface area contributed by atoms with E-state index in [-0.39, 0.29) is 0 Å². The van der Waals surface area contributed by atoms with Crippen LogP contribution in [0.4, 0.5) is 0 Å². The van der Waals surface area contributed by atoms with E-state index in [4.69, 9.17) is 16.3 Å². The molecule has 0 atom stereocenters. The van der Waals surface area contributed by atoms with Crippen molar-refractivity contribution in [3.8, 4) is 28.9 Å². The van der Waals surface area contributed by atoms with E-state index in [0.717, 1.165) is 34.2 Å². The van der Waals surface area contributed by atoms with Crippen molar-refractivity contribution in [1.29, 1.82) is 0 Å². The van der Waals surface area contributed by atoms with Crippen LogP contribution in [0.5, 0.6) is 0 Å². The minimum absolute atomic E-state index is 0.353. The number of rotatable bonds is 2. The summed E-state index contributed by atoms with van der Waals surface area (Å²) in [7, 11) is 1.64. The molecule has 1 aliphatic rings. The Kier molecular flexibility index (Phi) is 4.58.